The van der Waals surface area contributed by atoms with Gasteiger partial charge in [0.05, 0.1) is 5.54 Å². The molecule has 0 bridgehead atoms. The van der Waals surface area contributed by atoms with Crippen molar-refractivity contribution in [2.45, 2.75) is 57.9 Å². The Morgan fingerprint density at radius 2 is 2.00 bits per heavy atom. The largest absolute Gasteiger partial charge is 0.349 e. The molecular weight excluding hydrogens is 188 g/mol. The van der Waals surface area contributed by atoms with Crippen molar-refractivity contribution in [1.82, 2.24) is 5.32 Å². The molecule has 3 N–H and O–H groups in total. The van der Waals surface area contributed by atoms with Gasteiger partial charge in [0.2, 0.25) is 5.91 Å². The maximum absolute atomic E-state index is 11.7. The second-order valence-electron chi connectivity index (χ2n) is 5.17. The van der Waals surface area contributed by atoms with Gasteiger partial charge in [0.25, 0.3) is 0 Å². The second-order valence-corrected chi connectivity index (χ2v) is 5.17. The SMILES string of the molecule is CC(C)CCC(=O)NC1(CN)CCCC1. The average molecular weight is 212 g/mol. The van der Waals surface area contributed by atoms with Gasteiger partial charge in [0, 0.05) is 13.0 Å². The average Bonchev–Trinajstić information content (AvgIpc) is 2.64. The molecule has 3 nitrogen and oxygen atoms in total. The summed E-state index contributed by atoms with van der Waals surface area (Å²) in [5, 5.41) is 3.13. The van der Waals surface area contributed by atoms with E-state index in [-0.39, 0.29) is 11.4 Å². The van der Waals surface area contributed by atoms with Gasteiger partial charge in [-0.3, -0.25) is 4.79 Å². The number of hydrogen-bond donors (Lipinski definition) is 2. The summed E-state index contributed by atoms with van der Waals surface area (Å²) in [4.78, 5) is 11.7. The summed E-state index contributed by atoms with van der Waals surface area (Å²) in [5.74, 6) is 0.768. The number of nitrogens with two attached hydrogens (primary N) is 1. The van der Waals surface area contributed by atoms with Gasteiger partial charge in [0.1, 0.15) is 0 Å². The quantitative estimate of drug-likeness (QED) is 0.730. The van der Waals surface area contributed by atoms with E-state index in [1.54, 1.807) is 0 Å². The predicted octanol–water partition coefficient (Wildman–Crippen LogP) is 1.81. The Bertz CT molecular complexity index is 208. The molecule has 3 heteroatoms. The van der Waals surface area contributed by atoms with E-state index in [1.807, 2.05) is 0 Å². The molecule has 15 heavy (non-hydrogen) atoms. The molecule has 88 valence electrons. The van der Waals surface area contributed by atoms with E-state index in [0.29, 0.717) is 18.9 Å². The zero-order valence-electron chi connectivity index (χ0n) is 10.0. The Kier molecular flexibility index (Phi) is 4.58. The lowest BCUT2D eigenvalue weighted by Gasteiger charge is -2.28. The van der Waals surface area contributed by atoms with Gasteiger partial charge in [-0.1, -0.05) is 26.7 Å². The van der Waals surface area contributed by atoms with Gasteiger partial charge in [0.15, 0.2) is 0 Å². The lowest BCUT2D eigenvalue weighted by atomic mass is 9.97. The summed E-state index contributed by atoms with van der Waals surface area (Å²) in [6.07, 6.45) is 6.10. The third-order valence-corrected chi connectivity index (χ3v) is 3.30. The van der Waals surface area contributed by atoms with E-state index < -0.39 is 0 Å². The highest BCUT2D eigenvalue weighted by Gasteiger charge is 2.33. The fourth-order valence-electron chi connectivity index (χ4n) is 2.21. The smallest absolute Gasteiger partial charge is 0.220 e. The normalized spacial score (nSPS) is 19.5. The van der Waals surface area contributed by atoms with Crippen LogP contribution in [0.15, 0.2) is 0 Å². The Labute approximate surface area is 92.8 Å². The van der Waals surface area contributed by atoms with E-state index in [0.717, 1.165) is 19.3 Å². The summed E-state index contributed by atoms with van der Waals surface area (Å²) >= 11 is 0. The number of amides is 1. The molecule has 0 radical (unpaired) electrons. The zero-order valence-corrected chi connectivity index (χ0v) is 10.0. The van der Waals surface area contributed by atoms with Crippen molar-refractivity contribution in [3.05, 3.63) is 0 Å². The van der Waals surface area contributed by atoms with E-state index in [1.165, 1.54) is 12.8 Å². The molecular formula is C12H24N2O. The van der Waals surface area contributed by atoms with Crippen LogP contribution in [-0.4, -0.2) is 18.0 Å². The van der Waals surface area contributed by atoms with Crippen molar-refractivity contribution in [3.63, 3.8) is 0 Å². The molecule has 1 rings (SSSR count). The van der Waals surface area contributed by atoms with E-state index in [4.69, 9.17) is 5.73 Å². The molecule has 0 aromatic carbocycles. The third kappa shape index (κ3) is 3.82. The van der Waals surface area contributed by atoms with Gasteiger partial charge >= 0.3 is 0 Å². The van der Waals surface area contributed by atoms with E-state index >= 15 is 0 Å². The van der Waals surface area contributed by atoms with Crippen molar-refractivity contribution in [2.75, 3.05) is 6.54 Å². The third-order valence-electron chi connectivity index (χ3n) is 3.30. The first-order chi connectivity index (χ1) is 7.08. The van der Waals surface area contributed by atoms with Gasteiger partial charge in [-0.25, -0.2) is 0 Å². The number of carbonyl (C=O) groups excluding carboxylic acids is 1. The van der Waals surface area contributed by atoms with Crippen molar-refractivity contribution in [3.8, 4) is 0 Å². The first-order valence-corrected chi connectivity index (χ1v) is 6.09. The fourth-order valence-corrected chi connectivity index (χ4v) is 2.21. The summed E-state index contributed by atoms with van der Waals surface area (Å²) in [6, 6.07) is 0. The van der Waals surface area contributed by atoms with Crippen LogP contribution in [0.25, 0.3) is 0 Å². The minimum atomic E-state index is -0.0753. The number of nitrogens with one attached hydrogen (secondary N) is 1. The molecule has 1 fully saturated rings. The van der Waals surface area contributed by atoms with Crippen LogP contribution in [0.1, 0.15) is 52.4 Å². The fraction of sp³-hybridized carbons (Fsp3) is 0.917. The monoisotopic (exact) mass is 212 g/mol. The van der Waals surface area contributed by atoms with Gasteiger partial charge < -0.3 is 11.1 Å². The summed E-state index contributed by atoms with van der Waals surface area (Å²) < 4.78 is 0. The summed E-state index contributed by atoms with van der Waals surface area (Å²) in [6.45, 7) is 4.86. The molecule has 0 unspecified atom stereocenters. The Morgan fingerprint density at radius 1 is 1.40 bits per heavy atom. The van der Waals surface area contributed by atoms with Gasteiger partial charge in [-0.2, -0.15) is 0 Å². The summed E-state index contributed by atoms with van der Waals surface area (Å²) in [7, 11) is 0. The molecule has 0 saturated heterocycles. The Morgan fingerprint density at radius 3 is 2.47 bits per heavy atom. The van der Waals surface area contributed by atoms with Crippen LogP contribution in [0.2, 0.25) is 0 Å². The minimum absolute atomic E-state index is 0.0753. The molecule has 0 atom stereocenters. The van der Waals surface area contributed by atoms with Crippen LogP contribution < -0.4 is 11.1 Å². The highest BCUT2D eigenvalue weighted by atomic mass is 16.1. The molecule has 1 aliphatic carbocycles. The number of carbonyl (C=O) groups is 1. The highest BCUT2D eigenvalue weighted by Crippen LogP contribution is 2.28. The van der Waals surface area contributed by atoms with Crippen LogP contribution in [-0.2, 0) is 4.79 Å². The van der Waals surface area contributed by atoms with Gasteiger partial charge in [-0.05, 0) is 25.2 Å². The molecule has 1 aliphatic rings. The molecule has 1 saturated carbocycles. The van der Waals surface area contributed by atoms with Crippen LogP contribution in [0.5, 0.6) is 0 Å². The van der Waals surface area contributed by atoms with Crippen molar-refractivity contribution < 1.29 is 4.79 Å². The molecule has 0 aliphatic heterocycles. The van der Waals surface area contributed by atoms with Gasteiger partial charge in [-0.15, -0.1) is 0 Å². The topological polar surface area (TPSA) is 55.1 Å². The zero-order chi connectivity index (χ0) is 11.3. The van der Waals surface area contributed by atoms with Crippen LogP contribution in [0.4, 0.5) is 0 Å². The van der Waals surface area contributed by atoms with Crippen LogP contribution >= 0.6 is 0 Å². The van der Waals surface area contributed by atoms with Crippen LogP contribution in [0, 0.1) is 5.92 Å². The number of hydrogen-bond acceptors (Lipinski definition) is 2. The van der Waals surface area contributed by atoms with E-state index in [9.17, 15) is 4.79 Å². The Hall–Kier alpha value is -0.570. The molecule has 0 spiro atoms. The lowest BCUT2D eigenvalue weighted by Crippen LogP contribution is -2.51. The maximum Gasteiger partial charge on any atom is 0.220 e. The maximum atomic E-state index is 11.7. The predicted molar refractivity (Wildman–Crippen MR) is 62.5 cm³/mol. The lowest BCUT2D eigenvalue weighted by molar-refractivity contribution is -0.123. The van der Waals surface area contributed by atoms with E-state index in [2.05, 4.69) is 19.2 Å². The van der Waals surface area contributed by atoms with Crippen molar-refractivity contribution in [1.29, 1.82) is 0 Å². The first-order valence-electron chi connectivity index (χ1n) is 6.09. The minimum Gasteiger partial charge on any atom is -0.349 e. The molecule has 1 amide bonds. The molecule has 0 heterocycles. The standard InChI is InChI=1S/C12H24N2O/c1-10(2)5-6-11(15)14-12(9-13)7-3-4-8-12/h10H,3-9,13H2,1-2H3,(H,14,15). The molecule has 0 aromatic heterocycles. The number of rotatable bonds is 5. The van der Waals surface area contributed by atoms with Crippen molar-refractivity contribution in [2.24, 2.45) is 11.7 Å². The summed E-state index contributed by atoms with van der Waals surface area (Å²) in [5.41, 5.74) is 5.68. The highest BCUT2D eigenvalue weighted by molar-refractivity contribution is 5.76. The first kappa shape index (κ1) is 12.5. The Balaban J connectivity index is 2.35. The molecule has 0 aromatic rings. The van der Waals surface area contributed by atoms with Crippen molar-refractivity contribution >= 4 is 5.91 Å². The second kappa shape index (κ2) is 5.50. The van der Waals surface area contributed by atoms with Crippen LogP contribution in [0.3, 0.4) is 0 Å².